The molecule has 0 saturated carbocycles. The molecule has 13 heteroatoms. The molecule has 0 radical (unpaired) electrons. The molecule has 11 N–H and O–H groups in total. The van der Waals surface area contributed by atoms with Crippen molar-refractivity contribution in [2.75, 3.05) is 6.54 Å². The summed E-state index contributed by atoms with van der Waals surface area (Å²) in [5, 5.41) is 27.1. The number of nitrogens with zero attached hydrogens (tertiary/aromatic N) is 1. The van der Waals surface area contributed by atoms with Gasteiger partial charge < -0.3 is 43.4 Å². The van der Waals surface area contributed by atoms with Gasteiger partial charge >= 0.3 is 5.97 Å². The van der Waals surface area contributed by atoms with Crippen LogP contribution >= 0.6 is 0 Å². The van der Waals surface area contributed by atoms with Gasteiger partial charge in [0, 0.05) is 6.54 Å². The normalized spacial score (nSPS) is 15.6. The van der Waals surface area contributed by atoms with Crippen LogP contribution in [0.15, 0.2) is 35.3 Å². The van der Waals surface area contributed by atoms with Crippen molar-refractivity contribution in [2.24, 2.45) is 28.1 Å². The van der Waals surface area contributed by atoms with Crippen molar-refractivity contribution < 1.29 is 29.4 Å². The number of aliphatic hydroxyl groups excluding tert-OH is 1. The fourth-order valence-electron chi connectivity index (χ4n) is 3.60. The summed E-state index contributed by atoms with van der Waals surface area (Å²) in [7, 11) is 0. The molecular formula is C25H41N7O6. The number of hydrogen-bond acceptors (Lipinski definition) is 7. The lowest BCUT2D eigenvalue weighted by molar-refractivity contribution is -0.144. The lowest BCUT2D eigenvalue weighted by Crippen LogP contribution is -2.60. The van der Waals surface area contributed by atoms with Crippen LogP contribution in [0, 0.1) is 5.92 Å². The third-order valence-electron chi connectivity index (χ3n) is 6.05. The number of guanidine groups is 1. The Bertz CT molecular complexity index is 953. The molecule has 6 atom stereocenters. The summed E-state index contributed by atoms with van der Waals surface area (Å²) in [4.78, 5) is 54.3. The Morgan fingerprint density at radius 1 is 0.947 bits per heavy atom. The largest absolute Gasteiger partial charge is 0.480 e. The molecule has 6 unspecified atom stereocenters. The number of benzene rings is 1. The van der Waals surface area contributed by atoms with E-state index in [1.54, 1.807) is 13.8 Å². The number of aliphatic carboxylic acids is 1. The Morgan fingerprint density at radius 2 is 1.55 bits per heavy atom. The Labute approximate surface area is 222 Å². The van der Waals surface area contributed by atoms with Gasteiger partial charge in [0.15, 0.2) is 5.96 Å². The average molecular weight is 536 g/mol. The Hall–Kier alpha value is -3.71. The van der Waals surface area contributed by atoms with E-state index in [4.69, 9.17) is 17.2 Å². The van der Waals surface area contributed by atoms with Crippen LogP contribution in [0.5, 0.6) is 0 Å². The van der Waals surface area contributed by atoms with E-state index < -0.39 is 59.9 Å². The highest BCUT2D eigenvalue weighted by Crippen LogP contribution is 2.10. The lowest BCUT2D eigenvalue weighted by atomic mass is 9.98. The van der Waals surface area contributed by atoms with Crippen LogP contribution in [-0.4, -0.2) is 76.7 Å². The molecule has 13 nitrogen and oxygen atoms in total. The maximum absolute atomic E-state index is 13.2. The van der Waals surface area contributed by atoms with E-state index in [2.05, 4.69) is 20.9 Å². The maximum Gasteiger partial charge on any atom is 0.326 e. The number of aliphatic imine (C=N–C) groups is 1. The van der Waals surface area contributed by atoms with Crippen LogP contribution in [0.3, 0.4) is 0 Å². The molecule has 212 valence electrons. The SMILES string of the molecule is CCC(C)C(NC(=O)C(NC(=O)C(CCCN=C(N)N)NC(=O)C(N)Cc1ccccc1)C(C)O)C(=O)O. The number of amides is 3. The summed E-state index contributed by atoms with van der Waals surface area (Å²) < 4.78 is 0. The van der Waals surface area contributed by atoms with Crippen LogP contribution in [0.1, 0.15) is 45.6 Å². The van der Waals surface area contributed by atoms with Gasteiger partial charge in [0.1, 0.15) is 18.1 Å². The molecule has 3 amide bonds. The Kier molecular flexibility index (Phi) is 13.8. The van der Waals surface area contributed by atoms with Gasteiger partial charge in [0.25, 0.3) is 0 Å². The van der Waals surface area contributed by atoms with E-state index in [-0.39, 0.29) is 25.3 Å². The monoisotopic (exact) mass is 535 g/mol. The first-order valence-corrected chi connectivity index (χ1v) is 12.5. The number of rotatable bonds is 16. The third-order valence-corrected chi connectivity index (χ3v) is 6.05. The number of carbonyl (C=O) groups is 4. The number of carboxylic acid groups (broad SMARTS) is 1. The molecule has 0 spiro atoms. The van der Waals surface area contributed by atoms with E-state index in [0.717, 1.165) is 5.56 Å². The van der Waals surface area contributed by atoms with Crippen LogP contribution in [-0.2, 0) is 25.6 Å². The van der Waals surface area contributed by atoms with E-state index in [1.165, 1.54) is 6.92 Å². The van der Waals surface area contributed by atoms with Gasteiger partial charge in [-0.1, -0.05) is 50.6 Å². The minimum atomic E-state index is -1.47. The van der Waals surface area contributed by atoms with Gasteiger partial charge in [0.2, 0.25) is 17.7 Å². The molecule has 0 aromatic heterocycles. The minimum absolute atomic E-state index is 0.102. The quantitative estimate of drug-likeness (QED) is 0.0703. The molecule has 0 fully saturated rings. The summed E-state index contributed by atoms with van der Waals surface area (Å²) in [5.74, 6) is -3.97. The van der Waals surface area contributed by atoms with Crippen LogP contribution in [0.2, 0.25) is 0 Å². The average Bonchev–Trinajstić information content (AvgIpc) is 2.86. The van der Waals surface area contributed by atoms with Crippen molar-refractivity contribution in [3.05, 3.63) is 35.9 Å². The lowest BCUT2D eigenvalue weighted by Gasteiger charge is -2.27. The van der Waals surface area contributed by atoms with E-state index in [9.17, 15) is 29.4 Å². The topological polar surface area (TPSA) is 235 Å². The zero-order chi connectivity index (χ0) is 28.8. The molecule has 0 bridgehead atoms. The number of carboxylic acids is 1. The smallest absolute Gasteiger partial charge is 0.326 e. The zero-order valence-corrected chi connectivity index (χ0v) is 22.1. The number of nitrogens with two attached hydrogens (primary N) is 3. The molecule has 38 heavy (non-hydrogen) atoms. The van der Waals surface area contributed by atoms with Crippen LogP contribution < -0.4 is 33.2 Å². The first-order valence-electron chi connectivity index (χ1n) is 12.5. The highest BCUT2D eigenvalue weighted by molar-refractivity contribution is 5.94. The highest BCUT2D eigenvalue weighted by atomic mass is 16.4. The van der Waals surface area contributed by atoms with Crippen molar-refractivity contribution in [1.82, 2.24) is 16.0 Å². The second kappa shape index (κ2) is 16.2. The van der Waals surface area contributed by atoms with Crippen molar-refractivity contribution in [3.8, 4) is 0 Å². The highest BCUT2D eigenvalue weighted by Gasteiger charge is 2.34. The fourth-order valence-corrected chi connectivity index (χ4v) is 3.60. The van der Waals surface area contributed by atoms with Crippen molar-refractivity contribution in [1.29, 1.82) is 0 Å². The summed E-state index contributed by atoms with van der Waals surface area (Å²) in [5.41, 5.74) is 17.6. The molecule has 1 aromatic rings. The fraction of sp³-hybridized carbons (Fsp3) is 0.560. The van der Waals surface area contributed by atoms with Crippen molar-refractivity contribution >= 4 is 29.7 Å². The van der Waals surface area contributed by atoms with E-state index >= 15 is 0 Å². The van der Waals surface area contributed by atoms with Crippen molar-refractivity contribution in [3.63, 3.8) is 0 Å². The minimum Gasteiger partial charge on any atom is -0.480 e. The van der Waals surface area contributed by atoms with Gasteiger partial charge in [-0.05, 0) is 37.7 Å². The second-order valence-corrected chi connectivity index (χ2v) is 9.24. The summed E-state index contributed by atoms with van der Waals surface area (Å²) >= 11 is 0. The summed E-state index contributed by atoms with van der Waals surface area (Å²) in [6.45, 7) is 4.91. The Morgan fingerprint density at radius 3 is 2.08 bits per heavy atom. The van der Waals surface area contributed by atoms with Crippen LogP contribution in [0.4, 0.5) is 0 Å². The van der Waals surface area contributed by atoms with Gasteiger partial charge in [0.05, 0.1) is 12.1 Å². The van der Waals surface area contributed by atoms with E-state index in [1.807, 2.05) is 30.3 Å². The predicted molar refractivity (Wildman–Crippen MR) is 143 cm³/mol. The molecule has 0 aliphatic rings. The number of carbonyl (C=O) groups excluding carboxylic acids is 3. The van der Waals surface area contributed by atoms with Crippen molar-refractivity contribution in [2.45, 2.75) is 76.7 Å². The summed E-state index contributed by atoms with van der Waals surface area (Å²) in [6.07, 6.45) is -0.227. The maximum atomic E-state index is 13.2. The number of nitrogens with one attached hydrogen (secondary N) is 3. The standard InChI is InChI=1S/C25H41N7O6/c1-4-14(2)19(24(37)38)31-23(36)20(15(3)33)32-22(35)18(11-8-12-29-25(27)28)30-21(34)17(26)13-16-9-6-5-7-10-16/h5-7,9-10,14-15,17-20,33H,4,8,11-13,26H2,1-3H3,(H,30,34)(H,31,36)(H,32,35)(H,37,38)(H4,27,28,29). The van der Waals surface area contributed by atoms with Gasteiger partial charge in [-0.25, -0.2) is 4.79 Å². The second-order valence-electron chi connectivity index (χ2n) is 9.24. The van der Waals surface area contributed by atoms with Gasteiger partial charge in [-0.3, -0.25) is 19.4 Å². The Balaban J connectivity index is 3.01. The molecular weight excluding hydrogens is 494 g/mol. The molecule has 0 aliphatic heterocycles. The van der Waals surface area contributed by atoms with Gasteiger partial charge in [-0.2, -0.15) is 0 Å². The molecule has 1 aromatic carbocycles. The molecule has 0 heterocycles. The number of aliphatic hydroxyl groups is 1. The molecule has 1 rings (SSSR count). The zero-order valence-electron chi connectivity index (χ0n) is 22.1. The van der Waals surface area contributed by atoms with Gasteiger partial charge in [-0.15, -0.1) is 0 Å². The van der Waals surface area contributed by atoms with Crippen LogP contribution in [0.25, 0.3) is 0 Å². The third kappa shape index (κ3) is 11.1. The first-order chi connectivity index (χ1) is 17.9. The molecule has 0 saturated heterocycles. The molecule has 0 aliphatic carbocycles. The number of hydrogen-bond donors (Lipinski definition) is 8. The van der Waals surface area contributed by atoms with E-state index in [0.29, 0.717) is 12.8 Å². The predicted octanol–water partition coefficient (Wildman–Crippen LogP) is -1.42. The first kappa shape index (κ1) is 32.3. The summed E-state index contributed by atoms with van der Waals surface area (Å²) in [6, 6.07) is 4.35.